The lowest BCUT2D eigenvalue weighted by atomic mass is 10.1. The zero-order valence-corrected chi connectivity index (χ0v) is 16.6. The third-order valence-electron chi connectivity index (χ3n) is 4.27. The van der Waals surface area contributed by atoms with Crippen molar-refractivity contribution in [1.82, 2.24) is 9.13 Å². The van der Waals surface area contributed by atoms with Gasteiger partial charge in [0.15, 0.2) is 11.5 Å². The summed E-state index contributed by atoms with van der Waals surface area (Å²) in [5.74, 6) is 0.798. The molecule has 0 saturated heterocycles. The smallest absolute Gasteiger partial charge is 0.340 e. The minimum absolute atomic E-state index is 0.396. The van der Waals surface area contributed by atoms with Gasteiger partial charge in [-0.1, -0.05) is 23.7 Å². The van der Waals surface area contributed by atoms with Gasteiger partial charge < -0.3 is 14.2 Å². The van der Waals surface area contributed by atoms with E-state index >= 15 is 0 Å². The molecule has 0 amide bonds. The number of hydrogen-bond donors (Lipinski definition) is 0. The van der Waals surface area contributed by atoms with Crippen molar-refractivity contribution >= 4 is 17.5 Å². The van der Waals surface area contributed by atoms with E-state index in [9.17, 15) is 9.59 Å². The molecular formula is C20H19ClN2O5. The Labute approximate surface area is 166 Å². The Morgan fingerprint density at radius 1 is 0.964 bits per heavy atom. The Balaban J connectivity index is 2.26. The molecule has 0 bridgehead atoms. The summed E-state index contributed by atoms with van der Waals surface area (Å²) in [5.41, 5.74) is 1.09. The average Bonchev–Trinajstić information content (AvgIpc) is 3.04. The van der Waals surface area contributed by atoms with E-state index < -0.39 is 11.6 Å². The fourth-order valence-electron chi connectivity index (χ4n) is 2.97. The summed E-state index contributed by atoms with van der Waals surface area (Å²) in [6.45, 7) is 1.33. The van der Waals surface area contributed by atoms with Gasteiger partial charge in [0, 0.05) is 35.8 Å². The summed E-state index contributed by atoms with van der Waals surface area (Å²) in [5, 5.41) is 0.560. The third-order valence-corrected chi connectivity index (χ3v) is 4.52. The average molecular weight is 403 g/mol. The van der Waals surface area contributed by atoms with Crippen LogP contribution in [0.2, 0.25) is 5.02 Å². The summed E-state index contributed by atoms with van der Waals surface area (Å²) in [6, 6.07) is 10.2. The third kappa shape index (κ3) is 3.36. The number of halogens is 1. The van der Waals surface area contributed by atoms with Gasteiger partial charge in [0.05, 0.1) is 32.7 Å². The first-order valence-corrected chi connectivity index (χ1v) is 8.70. The Morgan fingerprint density at radius 2 is 1.54 bits per heavy atom. The van der Waals surface area contributed by atoms with Gasteiger partial charge in [0.25, 0.3) is 0 Å². The predicted octanol–water partition coefficient (Wildman–Crippen LogP) is 3.65. The van der Waals surface area contributed by atoms with Gasteiger partial charge in [-0.3, -0.25) is 9.36 Å². The largest absolute Gasteiger partial charge is 0.493 e. The van der Waals surface area contributed by atoms with Crippen LogP contribution in [0.25, 0.3) is 16.9 Å². The molecule has 0 radical (unpaired) electrons. The van der Waals surface area contributed by atoms with Crippen molar-refractivity contribution in [2.24, 2.45) is 0 Å². The highest BCUT2D eigenvalue weighted by atomic mass is 35.5. The first kappa shape index (κ1) is 19.6. The maximum absolute atomic E-state index is 13.0. The standard InChI is InChI=1S/C20H19ClN2O5/c1-12(24)23-16(13-5-7-14(21)8-6-13)11-22(20(23)25)15-9-17(26-2)19(28-4)18(10-15)27-3/h5-11H,1-4H3. The van der Waals surface area contributed by atoms with Crippen LogP contribution >= 0.6 is 11.6 Å². The fraction of sp³-hybridized carbons (Fsp3) is 0.200. The molecule has 0 fully saturated rings. The lowest BCUT2D eigenvalue weighted by Gasteiger charge is -2.14. The van der Waals surface area contributed by atoms with Gasteiger partial charge in [-0.25, -0.2) is 9.36 Å². The first-order chi connectivity index (χ1) is 13.4. The quantitative estimate of drug-likeness (QED) is 0.651. The maximum Gasteiger partial charge on any atom is 0.340 e. The molecule has 2 aromatic carbocycles. The summed E-state index contributed by atoms with van der Waals surface area (Å²) in [6.07, 6.45) is 1.59. The summed E-state index contributed by atoms with van der Waals surface area (Å²) in [7, 11) is 4.48. The Kier molecular flexibility index (Phi) is 5.46. The monoisotopic (exact) mass is 402 g/mol. The van der Waals surface area contributed by atoms with Crippen LogP contribution in [-0.4, -0.2) is 36.4 Å². The predicted molar refractivity (Wildman–Crippen MR) is 106 cm³/mol. The molecule has 8 heteroatoms. The van der Waals surface area contributed by atoms with Crippen LogP contribution in [0.5, 0.6) is 17.2 Å². The highest BCUT2D eigenvalue weighted by Gasteiger charge is 2.20. The van der Waals surface area contributed by atoms with Gasteiger partial charge in [0.2, 0.25) is 11.7 Å². The number of carbonyl (C=O) groups is 1. The molecule has 0 aliphatic heterocycles. The highest BCUT2D eigenvalue weighted by Crippen LogP contribution is 2.39. The molecule has 0 unspecified atom stereocenters. The van der Waals surface area contributed by atoms with E-state index in [0.717, 1.165) is 4.57 Å². The minimum atomic E-state index is -0.508. The first-order valence-electron chi connectivity index (χ1n) is 8.33. The minimum Gasteiger partial charge on any atom is -0.493 e. The van der Waals surface area contributed by atoms with Gasteiger partial charge in [-0.15, -0.1) is 0 Å². The lowest BCUT2D eigenvalue weighted by Crippen LogP contribution is -2.27. The molecule has 1 heterocycles. The second kappa shape index (κ2) is 7.82. The van der Waals surface area contributed by atoms with E-state index in [4.69, 9.17) is 25.8 Å². The second-order valence-electron chi connectivity index (χ2n) is 5.91. The van der Waals surface area contributed by atoms with Crippen molar-refractivity contribution in [3.05, 3.63) is 58.1 Å². The topological polar surface area (TPSA) is 71.7 Å². The number of benzene rings is 2. The van der Waals surface area contributed by atoms with Crippen LogP contribution in [0.3, 0.4) is 0 Å². The van der Waals surface area contributed by atoms with E-state index in [-0.39, 0.29) is 0 Å². The fourth-order valence-corrected chi connectivity index (χ4v) is 3.09. The molecule has 3 aromatic rings. The summed E-state index contributed by atoms with van der Waals surface area (Å²) < 4.78 is 18.5. The van der Waals surface area contributed by atoms with Gasteiger partial charge >= 0.3 is 5.69 Å². The molecule has 3 rings (SSSR count). The van der Waals surface area contributed by atoms with Crippen LogP contribution in [-0.2, 0) is 0 Å². The zero-order chi connectivity index (χ0) is 20.4. The Morgan fingerprint density at radius 3 is 2.00 bits per heavy atom. The molecule has 0 spiro atoms. The lowest BCUT2D eigenvalue weighted by molar-refractivity contribution is 0.0934. The molecule has 1 aromatic heterocycles. The van der Waals surface area contributed by atoms with Crippen molar-refractivity contribution in [3.63, 3.8) is 0 Å². The number of aromatic nitrogens is 2. The Bertz CT molecular complexity index is 1060. The summed E-state index contributed by atoms with van der Waals surface area (Å²) in [4.78, 5) is 25.2. The van der Waals surface area contributed by atoms with Crippen molar-refractivity contribution in [3.8, 4) is 34.2 Å². The highest BCUT2D eigenvalue weighted by molar-refractivity contribution is 6.30. The Hall–Kier alpha value is -3.19. The number of imidazole rings is 1. The van der Waals surface area contributed by atoms with Crippen LogP contribution in [0.1, 0.15) is 11.7 Å². The molecular weight excluding hydrogens is 384 g/mol. The van der Waals surface area contributed by atoms with Crippen molar-refractivity contribution < 1.29 is 19.0 Å². The van der Waals surface area contributed by atoms with Crippen molar-refractivity contribution in [1.29, 1.82) is 0 Å². The van der Waals surface area contributed by atoms with E-state index in [1.54, 1.807) is 42.6 Å². The number of nitrogens with zero attached hydrogens (tertiary/aromatic N) is 2. The van der Waals surface area contributed by atoms with Crippen LogP contribution in [0.4, 0.5) is 0 Å². The molecule has 0 aliphatic rings. The van der Waals surface area contributed by atoms with E-state index in [2.05, 4.69) is 0 Å². The van der Waals surface area contributed by atoms with Gasteiger partial charge in [-0.2, -0.15) is 0 Å². The maximum atomic E-state index is 13.0. The number of hydrogen-bond acceptors (Lipinski definition) is 5. The normalized spacial score (nSPS) is 10.6. The second-order valence-corrected chi connectivity index (χ2v) is 6.35. The number of rotatable bonds is 5. The van der Waals surface area contributed by atoms with Crippen molar-refractivity contribution in [2.45, 2.75) is 6.92 Å². The number of ether oxygens (including phenoxy) is 3. The zero-order valence-electron chi connectivity index (χ0n) is 15.9. The van der Waals surface area contributed by atoms with E-state index in [1.807, 2.05) is 0 Å². The molecule has 0 saturated carbocycles. The van der Waals surface area contributed by atoms with E-state index in [0.29, 0.717) is 39.2 Å². The number of carbonyl (C=O) groups excluding carboxylic acids is 1. The van der Waals surface area contributed by atoms with Gasteiger partial charge in [0.1, 0.15) is 0 Å². The molecule has 0 atom stereocenters. The van der Waals surface area contributed by atoms with Crippen LogP contribution < -0.4 is 19.9 Å². The van der Waals surface area contributed by atoms with E-state index in [1.165, 1.54) is 32.8 Å². The number of methoxy groups -OCH3 is 3. The molecule has 0 N–H and O–H groups in total. The molecule has 7 nitrogen and oxygen atoms in total. The molecule has 146 valence electrons. The van der Waals surface area contributed by atoms with Crippen molar-refractivity contribution in [2.75, 3.05) is 21.3 Å². The molecule has 0 aliphatic carbocycles. The SMILES string of the molecule is COc1cc(-n2cc(-c3ccc(Cl)cc3)n(C(C)=O)c2=O)cc(OC)c1OC. The summed E-state index contributed by atoms with van der Waals surface area (Å²) >= 11 is 5.95. The van der Waals surface area contributed by atoms with Crippen LogP contribution in [0.15, 0.2) is 47.4 Å². The molecule has 28 heavy (non-hydrogen) atoms. The van der Waals surface area contributed by atoms with Crippen LogP contribution in [0, 0.1) is 0 Å². The van der Waals surface area contributed by atoms with Gasteiger partial charge in [-0.05, 0) is 12.1 Å².